The number of aryl methyl sites for hydroxylation is 2. The largest absolute Gasteiger partial charge is 0.341 e. The van der Waals surface area contributed by atoms with Gasteiger partial charge in [-0.05, 0) is 36.6 Å². The number of fused-ring (bicyclic) bond motifs is 11. The molecule has 0 aliphatic heterocycles. The third kappa shape index (κ3) is 3.38. The van der Waals surface area contributed by atoms with E-state index >= 15 is 0 Å². The Hall–Kier alpha value is -4.03. The fourth-order valence-electron chi connectivity index (χ4n) is 7.84. The summed E-state index contributed by atoms with van der Waals surface area (Å²) in [5, 5.41) is 0.790. The fraction of sp³-hybridized carbons (Fsp3) is 0.229. The number of hydrogen-bond donors (Lipinski definition) is 0. The minimum absolute atomic E-state index is 0.0285. The molecule has 2 fully saturated rings. The summed E-state index contributed by atoms with van der Waals surface area (Å²) < 4.78 is 11.8. The lowest BCUT2D eigenvalue weighted by Crippen LogP contribution is -2.21. The number of ketones is 4. The number of Topliss-reactive ketones (excluding diaryl/α,β-unsaturated/α-hetero) is 4. The quantitative estimate of drug-likeness (QED) is 0.135. The Labute approximate surface area is 277 Å². The molecule has 7 aromatic rings. The van der Waals surface area contributed by atoms with Crippen LogP contribution in [0, 0.1) is 11.8 Å². The number of allylic oxidation sites excluding steroid dienone is 1. The summed E-state index contributed by atoms with van der Waals surface area (Å²) >= 11 is 6.86. The van der Waals surface area contributed by atoms with Crippen molar-refractivity contribution in [3.8, 4) is 0 Å². The van der Waals surface area contributed by atoms with Crippen molar-refractivity contribution in [1.29, 1.82) is 0 Å². The van der Waals surface area contributed by atoms with Crippen LogP contribution in [0.5, 0.6) is 0 Å². The molecule has 0 saturated heterocycles. The van der Waals surface area contributed by atoms with Crippen LogP contribution in [0.4, 0.5) is 5.00 Å². The third-order valence-corrected chi connectivity index (χ3v) is 15.0. The van der Waals surface area contributed by atoms with Crippen LogP contribution >= 0.6 is 45.3 Å². The molecule has 7 nitrogen and oxygen atoms in total. The number of rotatable bonds is 2. The van der Waals surface area contributed by atoms with Gasteiger partial charge in [0.1, 0.15) is 5.00 Å². The summed E-state index contributed by atoms with van der Waals surface area (Å²) in [7, 11) is 4.19. The lowest BCUT2D eigenvalue weighted by molar-refractivity contribution is -0.134. The molecule has 0 radical (unpaired) electrons. The monoisotopic (exact) mass is 677 g/mol. The summed E-state index contributed by atoms with van der Waals surface area (Å²) in [6.45, 7) is 0. The Bertz CT molecular complexity index is 2660. The van der Waals surface area contributed by atoms with Crippen LogP contribution in [0.15, 0.2) is 41.4 Å². The molecule has 10 rings (SSSR count). The van der Waals surface area contributed by atoms with Crippen LogP contribution in [0.3, 0.4) is 0 Å². The summed E-state index contributed by atoms with van der Waals surface area (Å²) in [5.74, 6) is -1.70. The van der Waals surface area contributed by atoms with Crippen molar-refractivity contribution in [1.82, 2.24) is 9.13 Å². The predicted octanol–water partition coefficient (Wildman–Crippen LogP) is 8.71. The molecule has 46 heavy (non-hydrogen) atoms. The van der Waals surface area contributed by atoms with Crippen LogP contribution in [-0.4, -0.2) is 38.0 Å². The maximum atomic E-state index is 12.9. The van der Waals surface area contributed by atoms with E-state index in [4.69, 9.17) is 4.99 Å². The highest BCUT2D eigenvalue weighted by molar-refractivity contribution is 7.40. The zero-order valence-electron chi connectivity index (χ0n) is 24.6. The van der Waals surface area contributed by atoms with Crippen molar-refractivity contribution >= 4 is 141 Å². The van der Waals surface area contributed by atoms with Gasteiger partial charge in [-0.15, -0.1) is 45.3 Å². The van der Waals surface area contributed by atoms with Crippen molar-refractivity contribution in [2.24, 2.45) is 30.9 Å². The average Bonchev–Trinajstić information content (AvgIpc) is 3.92. The molecular formula is C35H23N3O4S4. The van der Waals surface area contributed by atoms with Crippen molar-refractivity contribution < 1.29 is 19.2 Å². The Balaban J connectivity index is 1.09. The maximum absolute atomic E-state index is 12.9. The van der Waals surface area contributed by atoms with Crippen LogP contribution < -0.4 is 0 Å². The van der Waals surface area contributed by atoms with E-state index in [-0.39, 0.29) is 23.4 Å². The van der Waals surface area contributed by atoms with Crippen molar-refractivity contribution in [2.45, 2.75) is 25.7 Å². The molecule has 11 heteroatoms. The minimum atomic E-state index is -0.442. The zero-order chi connectivity index (χ0) is 31.2. The summed E-state index contributed by atoms with van der Waals surface area (Å²) in [5.41, 5.74) is 6.74. The lowest BCUT2D eigenvalue weighted by Gasteiger charge is -2.22. The standard InChI is InChI=1S/C35H23N3O4S4/c1-37-20-12-14(11-19-15-7-3-5-9-17(15)26(39)28(19)41)43-30(20)32-24(37)34-35(45-32)25-33(46-34)31-21(38(25)2)13-22(44-31)36-23-16-8-4-6-10-18(16)27(40)29(23)42/h3,5,7,9,11-13,16,18H,4,6,8,10H2,1-2H3/b19-11-,36-23?. The van der Waals surface area contributed by atoms with Gasteiger partial charge in [-0.25, -0.2) is 4.99 Å². The summed E-state index contributed by atoms with van der Waals surface area (Å²) in [6, 6.07) is 11.4. The van der Waals surface area contributed by atoms with E-state index in [9.17, 15) is 19.2 Å². The second kappa shape index (κ2) is 9.28. The molecule has 2 unspecified atom stereocenters. The van der Waals surface area contributed by atoms with Gasteiger partial charge in [-0.3, -0.25) is 19.2 Å². The zero-order valence-corrected chi connectivity index (χ0v) is 27.9. The van der Waals surface area contributed by atoms with Crippen molar-refractivity contribution in [3.05, 3.63) is 52.4 Å². The van der Waals surface area contributed by atoms with Crippen LogP contribution in [0.2, 0.25) is 0 Å². The van der Waals surface area contributed by atoms with E-state index in [0.29, 0.717) is 22.4 Å². The topological polar surface area (TPSA) is 90.5 Å². The van der Waals surface area contributed by atoms with Crippen LogP contribution in [0.25, 0.3) is 61.9 Å². The van der Waals surface area contributed by atoms with Gasteiger partial charge < -0.3 is 9.13 Å². The Kier molecular flexibility index (Phi) is 5.47. The van der Waals surface area contributed by atoms with Gasteiger partial charge in [-0.2, -0.15) is 0 Å². The first-order chi connectivity index (χ1) is 22.3. The molecule has 2 saturated carbocycles. The van der Waals surface area contributed by atoms with E-state index in [2.05, 4.69) is 35.4 Å². The number of hydrogen-bond acceptors (Lipinski definition) is 9. The van der Waals surface area contributed by atoms with Gasteiger partial charge in [0, 0.05) is 41.9 Å². The van der Waals surface area contributed by atoms with E-state index in [1.54, 1.807) is 57.5 Å². The number of benzene rings is 1. The first-order valence-corrected chi connectivity index (χ1v) is 18.5. The van der Waals surface area contributed by atoms with Gasteiger partial charge in [0.2, 0.25) is 23.1 Å². The molecular weight excluding hydrogens is 655 g/mol. The van der Waals surface area contributed by atoms with Crippen LogP contribution in [-0.2, 0) is 28.5 Å². The van der Waals surface area contributed by atoms with E-state index in [1.807, 2.05) is 18.2 Å². The van der Waals surface area contributed by atoms with Gasteiger partial charge in [0.15, 0.2) is 0 Å². The molecule has 0 N–H and O–H groups in total. The molecule has 0 bridgehead atoms. The van der Waals surface area contributed by atoms with E-state index in [0.717, 1.165) is 51.3 Å². The number of carbonyl (C=O) groups is 4. The third-order valence-electron chi connectivity index (χ3n) is 10.1. The molecule has 3 aliphatic carbocycles. The Morgan fingerprint density at radius 2 is 1.30 bits per heavy atom. The fourth-order valence-corrected chi connectivity index (χ4v) is 13.3. The molecule has 6 aromatic heterocycles. The lowest BCUT2D eigenvalue weighted by atomic mass is 9.81. The highest BCUT2D eigenvalue weighted by Gasteiger charge is 2.47. The molecule has 2 atom stereocenters. The number of aliphatic imine (C=N–C) groups is 1. The molecule has 226 valence electrons. The highest BCUT2D eigenvalue weighted by atomic mass is 32.1. The van der Waals surface area contributed by atoms with E-state index < -0.39 is 11.6 Å². The average molecular weight is 678 g/mol. The SMILES string of the molecule is Cn1c2cc(/C=C3\C(=O)C(=O)c4ccccc43)sc2c2sc3c(sc4c5sc(N=C6C(=O)C(=O)C7CCCCC67)cc5n(C)c43)c21. The van der Waals surface area contributed by atoms with Crippen molar-refractivity contribution in [2.75, 3.05) is 0 Å². The molecule has 1 aromatic carbocycles. The second-order valence-corrected chi connectivity index (χ2v) is 16.6. The number of carbonyl (C=O) groups excluding carboxylic acids is 4. The van der Waals surface area contributed by atoms with Gasteiger partial charge >= 0.3 is 0 Å². The normalized spacial score (nSPS) is 22.0. The Morgan fingerprint density at radius 1 is 0.696 bits per heavy atom. The number of aromatic nitrogens is 2. The Morgan fingerprint density at radius 3 is 2.02 bits per heavy atom. The maximum Gasteiger partial charge on any atom is 0.243 e. The first-order valence-electron chi connectivity index (χ1n) is 15.2. The predicted molar refractivity (Wildman–Crippen MR) is 190 cm³/mol. The second-order valence-electron chi connectivity index (χ2n) is 12.4. The molecule has 0 amide bonds. The summed E-state index contributed by atoms with van der Waals surface area (Å²) in [4.78, 5) is 56.7. The number of nitrogens with zero attached hydrogens (tertiary/aromatic N) is 3. The van der Waals surface area contributed by atoms with Gasteiger partial charge in [-0.1, -0.05) is 37.1 Å². The molecule has 3 aliphatic rings. The summed E-state index contributed by atoms with van der Waals surface area (Å²) in [6.07, 6.45) is 5.58. The molecule has 0 spiro atoms. The highest BCUT2D eigenvalue weighted by Crippen LogP contribution is 2.53. The number of thiophene rings is 4. The van der Waals surface area contributed by atoms with Gasteiger partial charge in [0.05, 0.1) is 56.0 Å². The molecule has 6 heterocycles. The van der Waals surface area contributed by atoms with Crippen molar-refractivity contribution in [3.63, 3.8) is 0 Å². The van der Waals surface area contributed by atoms with E-state index in [1.165, 1.54) is 34.5 Å². The van der Waals surface area contributed by atoms with Gasteiger partial charge in [0.25, 0.3) is 0 Å². The minimum Gasteiger partial charge on any atom is -0.341 e. The smallest absolute Gasteiger partial charge is 0.243 e. The van der Waals surface area contributed by atoms with Crippen LogP contribution in [0.1, 0.15) is 46.5 Å². The first kappa shape index (κ1) is 27.1.